The number of ether oxygens (including phenoxy) is 2. The number of hydrogen-bond donors (Lipinski definition) is 0. The quantitative estimate of drug-likeness (QED) is 0.301. The molecule has 1 aliphatic carbocycles. The third kappa shape index (κ3) is 7.45. The van der Waals surface area contributed by atoms with E-state index in [1.165, 1.54) is 13.2 Å². The fourth-order valence-electron chi connectivity index (χ4n) is 5.95. The molecule has 0 aliphatic heterocycles. The molecule has 1 aliphatic rings. The molecule has 6 heteroatoms. The highest BCUT2D eigenvalue weighted by Crippen LogP contribution is 2.44. The third-order valence-corrected chi connectivity index (χ3v) is 8.73. The molecule has 0 heterocycles. The van der Waals surface area contributed by atoms with Crippen LogP contribution in [0.4, 0.5) is 13.2 Å². The molecule has 3 unspecified atom stereocenters. The van der Waals surface area contributed by atoms with Crippen LogP contribution in [0.5, 0.6) is 5.75 Å². The Labute approximate surface area is 226 Å². The van der Waals surface area contributed by atoms with Crippen molar-refractivity contribution in [3.8, 4) is 5.75 Å². The molecule has 0 N–H and O–H groups in total. The summed E-state index contributed by atoms with van der Waals surface area (Å²) in [5.74, 6) is 0.719. The molecule has 0 radical (unpaired) electrons. The Morgan fingerprint density at radius 2 is 1.66 bits per heavy atom. The zero-order valence-corrected chi connectivity index (χ0v) is 24.1. The summed E-state index contributed by atoms with van der Waals surface area (Å²) in [4.78, 5) is 12.0. The molecule has 212 valence electrons. The number of hydrogen-bond acceptors (Lipinski definition) is 3. The summed E-state index contributed by atoms with van der Waals surface area (Å²) < 4.78 is 53.8. The molecule has 0 amide bonds. The molecule has 0 aromatic heterocycles. The molecule has 3 rings (SSSR count). The number of methoxy groups -OCH3 is 1. The molecular weight excluding hydrogens is 489 g/mol. The Kier molecular flexibility index (Phi) is 9.81. The minimum absolute atomic E-state index is 0.0626. The number of carbonyl (C=O) groups is 1. The summed E-state index contributed by atoms with van der Waals surface area (Å²) in [7, 11) is 1.41. The molecule has 2 aromatic rings. The van der Waals surface area contributed by atoms with E-state index in [2.05, 4.69) is 34.6 Å². The summed E-state index contributed by atoms with van der Waals surface area (Å²) in [5, 5.41) is 0.749. The van der Waals surface area contributed by atoms with E-state index in [1.54, 1.807) is 18.2 Å². The molecule has 3 atom stereocenters. The monoisotopic (exact) mass is 534 g/mol. The number of halogens is 3. The lowest BCUT2D eigenvalue weighted by Gasteiger charge is -2.37. The molecule has 0 spiro atoms. The van der Waals surface area contributed by atoms with Crippen molar-refractivity contribution in [2.45, 2.75) is 98.8 Å². The van der Waals surface area contributed by atoms with E-state index in [-0.39, 0.29) is 46.4 Å². The maximum atomic E-state index is 14.3. The van der Waals surface area contributed by atoms with Crippen molar-refractivity contribution >= 4 is 16.7 Å². The maximum Gasteiger partial charge on any atom is 0.420 e. The second-order valence-electron chi connectivity index (χ2n) is 12.5. The second-order valence-corrected chi connectivity index (χ2v) is 12.5. The molecule has 2 aromatic carbocycles. The smallest absolute Gasteiger partial charge is 0.420 e. The van der Waals surface area contributed by atoms with Crippen molar-refractivity contribution < 1.29 is 27.4 Å². The lowest BCUT2D eigenvalue weighted by Crippen LogP contribution is -2.31. The Morgan fingerprint density at radius 3 is 2.21 bits per heavy atom. The predicted molar refractivity (Wildman–Crippen MR) is 147 cm³/mol. The van der Waals surface area contributed by atoms with Crippen LogP contribution in [0.1, 0.15) is 91.2 Å². The molecule has 1 saturated carbocycles. The average Bonchev–Trinajstić information content (AvgIpc) is 2.85. The Bertz CT molecular complexity index is 1080. The molecule has 0 saturated heterocycles. The van der Waals surface area contributed by atoms with Gasteiger partial charge in [0.05, 0.1) is 19.1 Å². The number of esters is 1. The second kappa shape index (κ2) is 12.3. The van der Waals surface area contributed by atoms with Gasteiger partial charge in [0.2, 0.25) is 0 Å². The fourth-order valence-corrected chi connectivity index (χ4v) is 5.95. The minimum atomic E-state index is -4.51. The van der Waals surface area contributed by atoms with Gasteiger partial charge in [-0.2, -0.15) is 13.2 Å². The molecule has 38 heavy (non-hydrogen) atoms. The average molecular weight is 535 g/mol. The van der Waals surface area contributed by atoms with Gasteiger partial charge < -0.3 is 9.47 Å². The van der Waals surface area contributed by atoms with Crippen molar-refractivity contribution in [2.24, 2.45) is 29.1 Å². The van der Waals surface area contributed by atoms with E-state index in [4.69, 9.17) is 9.47 Å². The first kappa shape index (κ1) is 30.3. The normalized spacial score (nSPS) is 21.1. The van der Waals surface area contributed by atoms with E-state index in [0.717, 1.165) is 50.5 Å². The zero-order chi connectivity index (χ0) is 28.3. The molecular formula is C32H45F3O3. The summed E-state index contributed by atoms with van der Waals surface area (Å²) in [6, 6.07) is 8.51. The highest BCUT2D eigenvalue weighted by molar-refractivity contribution is 5.89. The van der Waals surface area contributed by atoms with Crippen LogP contribution in [-0.4, -0.2) is 19.2 Å². The van der Waals surface area contributed by atoms with E-state index < -0.39 is 11.7 Å². The van der Waals surface area contributed by atoms with Gasteiger partial charge in [0, 0.05) is 0 Å². The first-order chi connectivity index (χ1) is 17.7. The zero-order valence-electron chi connectivity index (χ0n) is 24.1. The lowest BCUT2D eigenvalue weighted by atomic mass is 9.72. The van der Waals surface area contributed by atoms with E-state index in [0.29, 0.717) is 11.3 Å². The fraction of sp³-hybridized carbons (Fsp3) is 0.656. The van der Waals surface area contributed by atoms with Gasteiger partial charge in [-0.15, -0.1) is 0 Å². The van der Waals surface area contributed by atoms with Gasteiger partial charge in [-0.3, -0.25) is 4.79 Å². The van der Waals surface area contributed by atoms with Crippen LogP contribution in [0.15, 0.2) is 30.3 Å². The lowest BCUT2D eigenvalue weighted by molar-refractivity contribution is -0.146. The highest BCUT2D eigenvalue weighted by atomic mass is 19.4. The van der Waals surface area contributed by atoms with Gasteiger partial charge in [0.1, 0.15) is 11.3 Å². The molecule has 1 fully saturated rings. The predicted octanol–water partition coefficient (Wildman–Crippen LogP) is 9.25. The van der Waals surface area contributed by atoms with Crippen LogP contribution >= 0.6 is 0 Å². The standard InChI is InChI=1S/C32H45F3O3/c1-8-23(30(36)37-7)18-21(3)20(2)17-22-9-15-27-24(19-22)10-16-28(29(27)32(33,34)35)38-26-13-11-25(12-14-26)31(4,5)6/h9-10,15-16,19-21,23,25-26H,8,11-14,17-18H2,1-7H3. The van der Waals surface area contributed by atoms with Crippen molar-refractivity contribution in [3.63, 3.8) is 0 Å². The highest BCUT2D eigenvalue weighted by Gasteiger charge is 2.38. The number of rotatable bonds is 9. The van der Waals surface area contributed by atoms with Crippen molar-refractivity contribution in [1.29, 1.82) is 0 Å². The minimum Gasteiger partial charge on any atom is -0.490 e. The Morgan fingerprint density at radius 1 is 1.00 bits per heavy atom. The van der Waals surface area contributed by atoms with Crippen LogP contribution in [0, 0.1) is 29.1 Å². The summed E-state index contributed by atoms with van der Waals surface area (Å²) in [6.45, 7) is 12.9. The van der Waals surface area contributed by atoms with Crippen LogP contribution < -0.4 is 4.74 Å². The van der Waals surface area contributed by atoms with Gasteiger partial charge >= 0.3 is 12.1 Å². The van der Waals surface area contributed by atoms with E-state index >= 15 is 0 Å². The van der Waals surface area contributed by atoms with Gasteiger partial charge in [0.25, 0.3) is 0 Å². The van der Waals surface area contributed by atoms with Crippen LogP contribution in [0.25, 0.3) is 10.8 Å². The third-order valence-electron chi connectivity index (χ3n) is 8.73. The van der Waals surface area contributed by atoms with Crippen molar-refractivity contribution in [2.75, 3.05) is 7.11 Å². The number of fused-ring (bicyclic) bond motifs is 1. The van der Waals surface area contributed by atoms with Gasteiger partial charge in [-0.05, 0) is 90.5 Å². The Hall–Kier alpha value is -2.24. The van der Waals surface area contributed by atoms with Crippen molar-refractivity contribution in [1.82, 2.24) is 0 Å². The first-order valence-corrected chi connectivity index (χ1v) is 14.1. The SMILES string of the molecule is CCC(CC(C)C(C)Cc1ccc2c(C(F)(F)F)c(OC3CCC(C(C)(C)C)CC3)ccc2c1)C(=O)OC. The summed E-state index contributed by atoms with van der Waals surface area (Å²) in [6.07, 6.45) is 0.989. The van der Waals surface area contributed by atoms with Crippen LogP contribution in [0.3, 0.4) is 0 Å². The van der Waals surface area contributed by atoms with Crippen LogP contribution in [-0.2, 0) is 22.1 Å². The van der Waals surface area contributed by atoms with Crippen molar-refractivity contribution in [3.05, 3.63) is 41.5 Å². The van der Waals surface area contributed by atoms with Crippen LogP contribution in [0.2, 0.25) is 0 Å². The summed E-state index contributed by atoms with van der Waals surface area (Å²) in [5.41, 5.74) is 0.520. The van der Waals surface area contributed by atoms with Gasteiger partial charge in [0.15, 0.2) is 0 Å². The van der Waals surface area contributed by atoms with E-state index in [9.17, 15) is 18.0 Å². The van der Waals surface area contributed by atoms with E-state index in [1.807, 2.05) is 13.0 Å². The molecule has 0 bridgehead atoms. The Balaban J connectivity index is 1.78. The maximum absolute atomic E-state index is 14.3. The number of benzene rings is 2. The van der Waals surface area contributed by atoms with Gasteiger partial charge in [-0.25, -0.2) is 0 Å². The number of carbonyl (C=O) groups excluding carboxylic acids is 1. The first-order valence-electron chi connectivity index (χ1n) is 14.1. The topological polar surface area (TPSA) is 35.5 Å². The largest absolute Gasteiger partial charge is 0.490 e. The molecule has 3 nitrogen and oxygen atoms in total. The van der Waals surface area contributed by atoms with Gasteiger partial charge in [-0.1, -0.05) is 65.8 Å². The summed E-state index contributed by atoms with van der Waals surface area (Å²) >= 11 is 0. The number of alkyl halides is 3.